The molecule has 15 heteroatoms. The van der Waals surface area contributed by atoms with Gasteiger partial charge in [0.2, 0.25) is 0 Å². The monoisotopic (exact) mass is 555 g/mol. The van der Waals surface area contributed by atoms with Crippen molar-refractivity contribution in [3.05, 3.63) is 78.8 Å². The van der Waals surface area contributed by atoms with Gasteiger partial charge in [-0.05, 0) is 43.3 Å². The lowest BCUT2D eigenvalue weighted by Crippen LogP contribution is -2.35. The molecule has 0 saturated carbocycles. The molecule has 0 atom stereocenters. The molecule has 2 aromatic heterocycles. The number of rotatable bonds is 5. The van der Waals surface area contributed by atoms with Crippen LogP contribution in [0.3, 0.4) is 0 Å². The third-order valence-electron chi connectivity index (χ3n) is 5.01. The van der Waals surface area contributed by atoms with E-state index in [9.17, 15) is 31.6 Å². The lowest BCUT2D eigenvalue weighted by atomic mass is 10.2. The van der Waals surface area contributed by atoms with Crippen LogP contribution in [-0.2, 0) is 10.0 Å². The summed E-state index contributed by atoms with van der Waals surface area (Å²) in [5.41, 5.74) is -2.74. The Morgan fingerprint density at radius 1 is 1.08 bits per heavy atom. The molecule has 0 aliphatic heterocycles. The molecule has 4 N–H and O–H groups in total. The number of nitrogens with one attached hydrogen (secondary N) is 4. The highest BCUT2D eigenvalue weighted by molar-refractivity contribution is 7.92. The Morgan fingerprint density at radius 3 is 2.33 bits per heavy atom. The zero-order valence-corrected chi connectivity index (χ0v) is 20.8. The minimum Gasteiger partial charge on any atom is -0.388 e. The minimum atomic E-state index is -4.30. The number of fused-ring (bicyclic) bond motifs is 1. The lowest BCUT2D eigenvalue weighted by molar-refractivity contribution is 0.256. The minimum absolute atomic E-state index is 0.00287. The summed E-state index contributed by atoms with van der Waals surface area (Å²) in [4.78, 5) is 40.5. The molecule has 2 heterocycles. The van der Waals surface area contributed by atoms with Gasteiger partial charge in [-0.15, -0.1) is 11.3 Å². The van der Waals surface area contributed by atoms with Crippen LogP contribution in [0, 0.1) is 18.6 Å². The predicted molar refractivity (Wildman–Crippen MR) is 133 cm³/mol. The van der Waals surface area contributed by atoms with Crippen molar-refractivity contribution >= 4 is 61.3 Å². The Balaban J connectivity index is 1.66. The number of thiophene rings is 1. The number of aryl methyl sites for hydroxylation is 1. The number of hydrogen-bond acceptors (Lipinski definition) is 7. The molecule has 4 aromatic rings. The van der Waals surface area contributed by atoms with Crippen LogP contribution < -0.4 is 26.6 Å². The highest BCUT2D eigenvalue weighted by atomic mass is 35.5. The van der Waals surface area contributed by atoms with E-state index in [0.717, 1.165) is 17.4 Å². The second-order valence-electron chi connectivity index (χ2n) is 7.40. The van der Waals surface area contributed by atoms with Gasteiger partial charge >= 0.3 is 11.7 Å². The van der Waals surface area contributed by atoms with Crippen LogP contribution >= 0.6 is 22.9 Å². The number of anilines is 2. The summed E-state index contributed by atoms with van der Waals surface area (Å²) in [6.07, 6.45) is 0. The predicted octanol–water partition coefficient (Wildman–Crippen LogP) is 3.53. The van der Waals surface area contributed by atoms with Gasteiger partial charge in [-0.3, -0.25) is 4.79 Å². The number of hydrogen-bond donors (Lipinski definition) is 4. The van der Waals surface area contributed by atoms with Crippen LogP contribution in [0.1, 0.15) is 4.88 Å². The van der Waals surface area contributed by atoms with Crippen LogP contribution in [0.2, 0.25) is 5.02 Å². The molecule has 0 spiro atoms. The first-order valence-electron chi connectivity index (χ1n) is 9.97. The van der Waals surface area contributed by atoms with E-state index in [1.54, 1.807) is 24.8 Å². The highest BCUT2D eigenvalue weighted by Crippen LogP contribution is 2.29. The molecular weight excluding hydrogens is 540 g/mol. The molecule has 0 radical (unpaired) electrons. The number of carbonyl (C=O) groups excluding carboxylic acids is 1. The zero-order chi connectivity index (χ0) is 26.4. The molecule has 0 aliphatic carbocycles. The largest absolute Gasteiger partial charge is 0.388 e. The van der Waals surface area contributed by atoms with Crippen molar-refractivity contribution in [3.63, 3.8) is 0 Å². The second-order valence-corrected chi connectivity index (χ2v) is 11.0. The van der Waals surface area contributed by atoms with Gasteiger partial charge in [-0.2, -0.15) is 0 Å². The van der Waals surface area contributed by atoms with Crippen molar-refractivity contribution in [2.75, 3.05) is 17.7 Å². The number of aromatic amines is 1. The Labute approximate surface area is 210 Å². The van der Waals surface area contributed by atoms with Gasteiger partial charge in [0.25, 0.3) is 15.6 Å². The fraction of sp³-hybridized carbons (Fsp3) is 0.0952. The number of amides is 2. The van der Waals surface area contributed by atoms with Crippen LogP contribution in [0.25, 0.3) is 16.6 Å². The maximum Gasteiger partial charge on any atom is 0.333 e. The van der Waals surface area contributed by atoms with E-state index in [0.29, 0.717) is 27.3 Å². The van der Waals surface area contributed by atoms with Crippen LogP contribution in [0.4, 0.5) is 25.0 Å². The summed E-state index contributed by atoms with van der Waals surface area (Å²) in [5.74, 6) is -2.71. The summed E-state index contributed by atoms with van der Waals surface area (Å²) in [5, 5.41) is 5.04. The molecule has 0 fully saturated rings. The van der Waals surface area contributed by atoms with Crippen molar-refractivity contribution < 1.29 is 22.0 Å². The molecule has 0 aliphatic rings. The van der Waals surface area contributed by atoms with E-state index < -0.39 is 50.3 Å². The van der Waals surface area contributed by atoms with E-state index in [4.69, 9.17) is 11.6 Å². The van der Waals surface area contributed by atoms with Gasteiger partial charge < -0.3 is 15.6 Å². The molecule has 4 rings (SSSR count). The normalized spacial score (nSPS) is 11.5. The Morgan fingerprint density at radius 2 is 1.75 bits per heavy atom. The summed E-state index contributed by atoms with van der Waals surface area (Å²) in [6, 6.07) is 5.54. The summed E-state index contributed by atoms with van der Waals surface area (Å²) < 4.78 is 56.3. The number of nitrogens with zero attached hydrogens (tertiary/aromatic N) is 1. The van der Waals surface area contributed by atoms with Gasteiger partial charge in [-0.1, -0.05) is 11.6 Å². The first-order chi connectivity index (χ1) is 16.9. The van der Waals surface area contributed by atoms with Gasteiger partial charge in [0.15, 0.2) is 11.6 Å². The molecule has 0 saturated heterocycles. The SMILES string of the molecule is CNc1ccc2c(=O)n(-c3c(F)cc(NC(=O)NS(=O)(=O)c4cc(Cl)c(C)s4)cc3F)c(=O)[nH]c2c1. The third-order valence-corrected chi connectivity index (χ3v) is 8.37. The maximum atomic E-state index is 14.9. The Kier molecular flexibility index (Phi) is 6.60. The number of carbonyl (C=O) groups is 1. The number of aromatic nitrogens is 2. The first kappa shape index (κ1) is 25.3. The average molecular weight is 556 g/mol. The van der Waals surface area contributed by atoms with Crippen molar-refractivity contribution in [2.24, 2.45) is 0 Å². The van der Waals surface area contributed by atoms with Crippen molar-refractivity contribution in [3.8, 4) is 5.69 Å². The highest BCUT2D eigenvalue weighted by Gasteiger charge is 2.23. The molecule has 2 aromatic carbocycles. The van der Waals surface area contributed by atoms with E-state index in [2.05, 4.69) is 10.3 Å². The standard InChI is InChI=1S/C21H16ClF2N5O5S2/c1-9-13(22)8-17(35-9)36(33,34)28-20(31)26-11-5-14(23)18(15(24)6-11)29-19(30)12-4-3-10(25-2)7-16(12)27-21(29)32/h3-8,25H,1-2H3,(H,27,32)(H2,26,28,31). The van der Waals surface area contributed by atoms with Gasteiger partial charge in [0.05, 0.1) is 15.9 Å². The van der Waals surface area contributed by atoms with Crippen molar-refractivity contribution in [1.82, 2.24) is 14.3 Å². The zero-order valence-electron chi connectivity index (χ0n) is 18.4. The fourth-order valence-electron chi connectivity index (χ4n) is 3.32. The van der Waals surface area contributed by atoms with Crippen LogP contribution in [0.15, 0.2) is 50.2 Å². The van der Waals surface area contributed by atoms with E-state index in [1.807, 2.05) is 5.32 Å². The quantitative estimate of drug-likeness (QED) is 0.297. The maximum absolute atomic E-state index is 14.9. The third kappa shape index (κ3) is 4.69. The number of halogens is 3. The smallest absolute Gasteiger partial charge is 0.333 e. The number of sulfonamides is 1. The number of urea groups is 1. The van der Waals surface area contributed by atoms with Crippen molar-refractivity contribution in [2.45, 2.75) is 11.1 Å². The Bertz CT molecular complexity index is 1720. The second kappa shape index (κ2) is 9.37. The van der Waals surface area contributed by atoms with Gasteiger partial charge in [-0.25, -0.2) is 36.1 Å². The van der Waals surface area contributed by atoms with Gasteiger partial charge in [0.1, 0.15) is 9.90 Å². The van der Waals surface area contributed by atoms with E-state index in [-0.39, 0.29) is 20.1 Å². The summed E-state index contributed by atoms with van der Waals surface area (Å²) >= 11 is 6.68. The topological polar surface area (TPSA) is 142 Å². The lowest BCUT2D eigenvalue weighted by Gasteiger charge is -2.12. The van der Waals surface area contributed by atoms with Crippen LogP contribution in [0.5, 0.6) is 0 Å². The molecule has 36 heavy (non-hydrogen) atoms. The molecule has 0 unspecified atom stereocenters. The summed E-state index contributed by atoms with van der Waals surface area (Å²) in [7, 11) is -2.67. The molecule has 0 bridgehead atoms. The molecule has 10 nitrogen and oxygen atoms in total. The number of benzene rings is 2. The number of H-pyrrole nitrogens is 1. The van der Waals surface area contributed by atoms with E-state index >= 15 is 0 Å². The van der Waals surface area contributed by atoms with Crippen LogP contribution in [-0.4, -0.2) is 31.0 Å². The first-order valence-corrected chi connectivity index (χ1v) is 12.6. The molecular formula is C21H16ClF2N5O5S2. The van der Waals surface area contributed by atoms with Gasteiger partial charge in [0, 0.05) is 23.3 Å². The molecule has 188 valence electrons. The Hall–Kier alpha value is -3.75. The average Bonchev–Trinajstić information content (AvgIpc) is 3.13. The molecule has 2 amide bonds. The summed E-state index contributed by atoms with van der Waals surface area (Å²) in [6.45, 7) is 1.59. The van der Waals surface area contributed by atoms with Crippen molar-refractivity contribution in [1.29, 1.82) is 0 Å². The fourth-order valence-corrected chi connectivity index (χ4v) is 5.92. The van der Waals surface area contributed by atoms with E-state index in [1.165, 1.54) is 12.1 Å².